The molecule has 0 aromatic heterocycles. The Morgan fingerprint density at radius 1 is 1.30 bits per heavy atom. The van der Waals surface area contributed by atoms with Gasteiger partial charge in [-0.25, -0.2) is 0 Å². The average molecular weight is 346 g/mol. The summed E-state index contributed by atoms with van der Waals surface area (Å²) in [6.07, 6.45) is 0.401. The highest BCUT2D eigenvalue weighted by molar-refractivity contribution is 9.10. The molecule has 3 N–H and O–H groups in total. The topological polar surface area (TPSA) is 81.8 Å². The smallest absolute Gasteiger partial charge is 0.303 e. The first-order valence-corrected chi connectivity index (χ1v) is 7.35. The SMILES string of the molecule is CCOc1cc(Br)c(C(N)CCC(=O)O)cc1OCC. The summed E-state index contributed by atoms with van der Waals surface area (Å²) in [6.45, 7) is 4.85. The largest absolute Gasteiger partial charge is 0.490 e. The quantitative estimate of drug-likeness (QED) is 0.756. The third-order valence-electron chi connectivity index (χ3n) is 2.73. The van der Waals surface area contributed by atoms with E-state index < -0.39 is 5.97 Å². The Labute approximate surface area is 127 Å². The molecule has 0 aliphatic heterocycles. The maximum atomic E-state index is 10.6. The lowest BCUT2D eigenvalue weighted by molar-refractivity contribution is -0.137. The van der Waals surface area contributed by atoms with Gasteiger partial charge in [0.05, 0.1) is 13.2 Å². The molecule has 0 saturated heterocycles. The van der Waals surface area contributed by atoms with Crippen LogP contribution in [0.2, 0.25) is 0 Å². The first-order chi connectivity index (χ1) is 9.49. The Hall–Kier alpha value is -1.27. The lowest BCUT2D eigenvalue weighted by Gasteiger charge is -2.17. The van der Waals surface area contributed by atoms with E-state index in [-0.39, 0.29) is 12.5 Å². The summed E-state index contributed by atoms with van der Waals surface area (Å²) >= 11 is 3.45. The van der Waals surface area contributed by atoms with E-state index in [4.69, 9.17) is 20.3 Å². The summed E-state index contributed by atoms with van der Waals surface area (Å²) in [4.78, 5) is 10.6. The lowest BCUT2D eigenvalue weighted by atomic mass is 10.0. The number of nitrogens with two attached hydrogens (primary N) is 1. The van der Waals surface area contributed by atoms with E-state index in [9.17, 15) is 4.79 Å². The molecular weight excluding hydrogens is 326 g/mol. The summed E-state index contributed by atoms with van der Waals surface area (Å²) in [6, 6.07) is 3.26. The van der Waals surface area contributed by atoms with Crippen LogP contribution in [-0.4, -0.2) is 24.3 Å². The predicted octanol–water partition coefficient (Wildman–Crippen LogP) is 3.11. The number of carboxylic acids is 1. The van der Waals surface area contributed by atoms with Gasteiger partial charge in [-0.05, 0) is 38.0 Å². The Morgan fingerprint density at radius 3 is 2.35 bits per heavy atom. The Kier molecular flexibility index (Phi) is 6.81. The molecule has 0 amide bonds. The fourth-order valence-electron chi connectivity index (χ4n) is 1.81. The molecule has 1 rings (SSSR count). The van der Waals surface area contributed by atoms with E-state index in [1.54, 1.807) is 0 Å². The molecule has 0 heterocycles. The van der Waals surface area contributed by atoms with Crippen molar-refractivity contribution in [2.24, 2.45) is 5.73 Å². The van der Waals surface area contributed by atoms with Crippen molar-refractivity contribution in [1.82, 2.24) is 0 Å². The van der Waals surface area contributed by atoms with E-state index in [1.807, 2.05) is 26.0 Å². The molecule has 1 aromatic carbocycles. The number of benzene rings is 1. The monoisotopic (exact) mass is 345 g/mol. The number of hydrogen-bond donors (Lipinski definition) is 2. The molecular formula is C14H20BrNO4. The maximum absolute atomic E-state index is 10.6. The second-order valence-corrected chi connectivity index (χ2v) is 5.08. The number of ether oxygens (including phenoxy) is 2. The van der Waals surface area contributed by atoms with E-state index >= 15 is 0 Å². The van der Waals surface area contributed by atoms with Crippen molar-refractivity contribution in [3.05, 3.63) is 22.2 Å². The Morgan fingerprint density at radius 2 is 1.85 bits per heavy atom. The Balaban J connectivity index is 3.00. The number of rotatable bonds is 8. The molecule has 6 heteroatoms. The van der Waals surface area contributed by atoms with Crippen LogP contribution in [0.15, 0.2) is 16.6 Å². The van der Waals surface area contributed by atoms with Crippen molar-refractivity contribution < 1.29 is 19.4 Å². The van der Waals surface area contributed by atoms with Crippen molar-refractivity contribution in [3.63, 3.8) is 0 Å². The molecule has 0 spiro atoms. The van der Waals surface area contributed by atoms with Crippen LogP contribution in [0.25, 0.3) is 0 Å². The molecule has 112 valence electrons. The number of hydrogen-bond acceptors (Lipinski definition) is 4. The van der Waals surface area contributed by atoms with Crippen LogP contribution in [0.4, 0.5) is 0 Å². The molecule has 0 fully saturated rings. The van der Waals surface area contributed by atoms with Crippen molar-refractivity contribution in [2.75, 3.05) is 13.2 Å². The van der Waals surface area contributed by atoms with Gasteiger partial charge in [-0.15, -0.1) is 0 Å². The van der Waals surface area contributed by atoms with E-state index in [2.05, 4.69) is 15.9 Å². The summed E-state index contributed by atoms with van der Waals surface area (Å²) in [5, 5.41) is 8.72. The van der Waals surface area contributed by atoms with Gasteiger partial charge >= 0.3 is 5.97 Å². The molecule has 0 bridgehead atoms. The first-order valence-electron chi connectivity index (χ1n) is 6.56. The molecule has 0 aliphatic rings. The second kappa shape index (κ2) is 8.11. The van der Waals surface area contributed by atoms with E-state index in [0.29, 0.717) is 31.1 Å². The number of carboxylic acid groups (broad SMARTS) is 1. The van der Waals surface area contributed by atoms with Gasteiger partial charge in [-0.1, -0.05) is 15.9 Å². The van der Waals surface area contributed by atoms with Crippen molar-refractivity contribution in [1.29, 1.82) is 0 Å². The van der Waals surface area contributed by atoms with Crippen molar-refractivity contribution in [2.45, 2.75) is 32.7 Å². The maximum Gasteiger partial charge on any atom is 0.303 e. The minimum Gasteiger partial charge on any atom is -0.490 e. The van der Waals surface area contributed by atoms with Gasteiger partial charge in [0.2, 0.25) is 0 Å². The van der Waals surface area contributed by atoms with Crippen LogP contribution in [0.1, 0.15) is 38.3 Å². The third kappa shape index (κ3) is 4.68. The van der Waals surface area contributed by atoms with Gasteiger partial charge < -0.3 is 20.3 Å². The summed E-state index contributed by atoms with van der Waals surface area (Å²) < 4.78 is 11.9. The summed E-state index contributed by atoms with van der Waals surface area (Å²) in [5.74, 6) is 0.418. The van der Waals surface area contributed by atoms with Gasteiger partial charge in [0.25, 0.3) is 0 Å². The predicted molar refractivity (Wildman–Crippen MR) is 80.3 cm³/mol. The van der Waals surface area contributed by atoms with Crippen LogP contribution in [0, 0.1) is 0 Å². The van der Waals surface area contributed by atoms with Gasteiger partial charge in [-0.3, -0.25) is 4.79 Å². The Bertz CT molecular complexity index is 465. The first kappa shape index (κ1) is 16.8. The molecule has 1 unspecified atom stereocenters. The van der Waals surface area contributed by atoms with Gasteiger partial charge in [0, 0.05) is 16.9 Å². The minimum atomic E-state index is -0.854. The zero-order valence-corrected chi connectivity index (χ0v) is 13.3. The fourth-order valence-corrected chi connectivity index (χ4v) is 2.42. The normalized spacial score (nSPS) is 12.0. The average Bonchev–Trinajstić information content (AvgIpc) is 2.39. The molecule has 5 nitrogen and oxygen atoms in total. The van der Waals surface area contributed by atoms with Crippen LogP contribution in [0.3, 0.4) is 0 Å². The highest BCUT2D eigenvalue weighted by Gasteiger charge is 2.16. The lowest BCUT2D eigenvalue weighted by Crippen LogP contribution is -2.13. The minimum absolute atomic E-state index is 0.0325. The van der Waals surface area contributed by atoms with Gasteiger partial charge in [0.15, 0.2) is 11.5 Å². The highest BCUT2D eigenvalue weighted by atomic mass is 79.9. The zero-order chi connectivity index (χ0) is 15.1. The van der Waals surface area contributed by atoms with Gasteiger partial charge in [0.1, 0.15) is 0 Å². The van der Waals surface area contributed by atoms with E-state index in [1.165, 1.54) is 0 Å². The van der Waals surface area contributed by atoms with Crippen LogP contribution in [-0.2, 0) is 4.79 Å². The number of halogens is 1. The molecule has 1 aromatic rings. The highest BCUT2D eigenvalue weighted by Crippen LogP contribution is 2.36. The number of carbonyl (C=O) groups is 1. The second-order valence-electron chi connectivity index (χ2n) is 4.23. The standard InChI is InChI=1S/C14H20BrNO4/c1-3-19-12-7-9(11(16)5-6-14(17)18)10(15)8-13(12)20-4-2/h7-8,11H,3-6,16H2,1-2H3,(H,17,18). The molecule has 1 atom stereocenters. The fraction of sp³-hybridized carbons (Fsp3) is 0.500. The van der Waals surface area contributed by atoms with E-state index in [0.717, 1.165) is 10.0 Å². The molecule has 0 saturated carbocycles. The zero-order valence-electron chi connectivity index (χ0n) is 11.7. The summed E-state index contributed by atoms with van der Waals surface area (Å²) in [5.41, 5.74) is 6.86. The van der Waals surface area contributed by atoms with Crippen LogP contribution >= 0.6 is 15.9 Å². The summed E-state index contributed by atoms with van der Waals surface area (Å²) in [7, 11) is 0. The molecule has 0 aliphatic carbocycles. The molecule has 0 radical (unpaired) electrons. The molecule has 20 heavy (non-hydrogen) atoms. The van der Waals surface area contributed by atoms with Gasteiger partial charge in [-0.2, -0.15) is 0 Å². The van der Waals surface area contributed by atoms with Crippen LogP contribution in [0.5, 0.6) is 11.5 Å². The third-order valence-corrected chi connectivity index (χ3v) is 3.42. The van der Waals surface area contributed by atoms with Crippen molar-refractivity contribution >= 4 is 21.9 Å². The van der Waals surface area contributed by atoms with Crippen LogP contribution < -0.4 is 15.2 Å². The number of aliphatic carboxylic acids is 1. The van der Waals surface area contributed by atoms with Crippen molar-refractivity contribution in [3.8, 4) is 11.5 Å².